The molecule has 0 N–H and O–H groups in total. The molecule has 2 aliphatic heterocycles. The molecule has 0 spiro atoms. The Morgan fingerprint density at radius 3 is 2.48 bits per heavy atom. The minimum absolute atomic E-state index is 0.0293. The molecule has 0 aliphatic carbocycles. The topological polar surface area (TPSA) is 65.1 Å². The van der Waals surface area contributed by atoms with Gasteiger partial charge in [0, 0.05) is 23.6 Å². The molecule has 2 aromatic carbocycles. The molecule has 1 atom stereocenters. The van der Waals surface area contributed by atoms with Crippen molar-refractivity contribution in [3.05, 3.63) is 64.9 Å². The van der Waals surface area contributed by atoms with Crippen LogP contribution in [-0.2, 0) is 20.5 Å². The summed E-state index contributed by atoms with van der Waals surface area (Å²) in [4.78, 5) is 26.8. The van der Waals surface area contributed by atoms with Crippen LogP contribution in [0.1, 0.15) is 23.5 Å². The number of rotatable bonds is 4. The molecule has 2 aliphatic rings. The quantitative estimate of drug-likeness (QED) is 0.681. The molecule has 0 saturated heterocycles. The molecule has 162 valence electrons. The molecule has 4 rings (SSSR count). The summed E-state index contributed by atoms with van der Waals surface area (Å²) in [6.45, 7) is -0.209. The Morgan fingerprint density at radius 1 is 1.06 bits per heavy atom. The number of methoxy groups -OCH3 is 2. The number of hydrogen-bond acceptors (Lipinski definition) is 5. The lowest BCUT2D eigenvalue weighted by molar-refractivity contribution is -0.138. The van der Waals surface area contributed by atoms with Crippen LogP contribution in [0.3, 0.4) is 0 Å². The Morgan fingerprint density at radius 2 is 1.81 bits per heavy atom. The molecule has 31 heavy (non-hydrogen) atoms. The van der Waals surface area contributed by atoms with Crippen molar-refractivity contribution >= 4 is 17.6 Å². The van der Waals surface area contributed by atoms with E-state index in [2.05, 4.69) is 0 Å². The highest BCUT2D eigenvalue weighted by atomic mass is 19.4. The Labute approximate surface area is 175 Å². The first-order chi connectivity index (χ1) is 14.8. The van der Waals surface area contributed by atoms with Gasteiger partial charge in [0.15, 0.2) is 11.5 Å². The second-order valence-corrected chi connectivity index (χ2v) is 7.05. The number of carbonyl (C=O) groups is 2. The van der Waals surface area contributed by atoms with Gasteiger partial charge < -0.3 is 14.2 Å². The van der Waals surface area contributed by atoms with Crippen LogP contribution in [0.4, 0.5) is 18.9 Å². The fourth-order valence-corrected chi connectivity index (χ4v) is 4.03. The summed E-state index contributed by atoms with van der Waals surface area (Å²) in [6, 6.07) is 9.54. The molecule has 1 amide bonds. The zero-order valence-corrected chi connectivity index (χ0v) is 16.7. The van der Waals surface area contributed by atoms with Gasteiger partial charge in [0.1, 0.15) is 6.61 Å². The van der Waals surface area contributed by atoms with Gasteiger partial charge in [-0.1, -0.05) is 18.2 Å². The number of halogens is 3. The van der Waals surface area contributed by atoms with Crippen molar-refractivity contribution in [1.29, 1.82) is 0 Å². The number of carbonyl (C=O) groups excluding carboxylic acids is 2. The van der Waals surface area contributed by atoms with Crippen LogP contribution < -0.4 is 14.4 Å². The number of esters is 1. The Bertz CT molecular complexity index is 1090. The van der Waals surface area contributed by atoms with Crippen LogP contribution in [-0.4, -0.2) is 32.7 Å². The molecule has 9 heteroatoms. The zero-order valence-electron chi connectivity index (χ0n) is 16.7. The predicted molar refractivity (Wildman–Crippen MR) is 104 cm³/mol. The fourth-order valence-electron chi connectivity index (χ4n) is 4.03. The highest BCUT2D eigenvalue weighted by molar-refractivity contribution is 6.06. The fraction of sp³-hybridized carbons (Fsp3) is 0.273. The highest BCUT2D eigenvalue weighted by Gasteiger charge is 2.44. The summed E-state index contributed by atoms with van der Waals surface area (Å²) in [5, 5.41) is 0. The van der Waals surface area contributed by atoms with Crippen LogP contribution in [0.25, 0.3) is 0 Å². The van der Waals surface area contributed by atoms with Crippen LogP contribution >= 0.6 is 0 Å². The third kappa shape index (κ3) is 3.49. The zero-order chi connectivity index (χ0) is 22.3. The summed E-state index contributed by atoms with van der Waals surface area (Å²) < 4.78 is 55.5. The average Bonchev–Trinajstić information content (AvgIpc) is 3.13. The molecule has 2 heterocycles. The van der Waals surface area contributed by atoms with E-state index in [0.717, 1.165) is 17.0 Å². The Hall–Kier alpha value is -3.49. The van der Waals surface area contributed by atoms with Crippen molar-refractivity contribution in [2.24, 2.45) is 0 Å². The summed E-state index contributed by atoms with van der Waals surface area (Å²) in [6.07, 6.45) is -4.71. The van der Waals surface area contributed by atoms with Crippen molar-refractivity contribution in [2.45, 2.75) is 18.5 Å². The largest absolute Gasteiger partial charge is 0.493 e. The van der Waals surface area contributed by atoms with Gasteiger partial charge in [0.2, 0.25) is 5.91 Å². The van der Waals surface area contributed by atoms with E-state index in [-0.39, 0.29) is 30.0 Å². The molecular formula is C22H18F3NO5. The average molecular weight is 433 g/mol. The number of nitrogens with zero attached hydrogens (tertiary/aromatic N) is 1. The van der Waals surface area contributed by atoms with Crippen molar-refractivity contribution in [1.82, 2.24) is 0 Å². The van der Waals surface area contributed by atoms with Crippen molar-refractivity contribution in [3.63, 3.8) is 0 Å². The number of amides is 1. The molecule has 0 saturated carbocycles. The van der Waals surface area contributed by atoms with Crippen LogP contribution in [0.2, 0.25) is 0 Å². The number of hydrogen-bond donors (Lipinski definition) is 0. The first-order valence-corrected chi connectivity index (χ1v) is 9.37. The standard InChI is InChI=1S/C22H18F3NO5/c1-29-17-8-4-7-14(20(17)30-2)15-10-18(27)26(16-11-31-21(28)19(15)16)13-6-3-5-12(9-13)22(23,24)25/h3-9,15H,10-11H2,1-2H3/t15-/m0/s1. The van der Waals surface area contributed by atoms with E-state index in [4.69, 9.17) is 14.2 Å². The second kappa shape index (κ2) is 7.64. The predicted octanol–water partition coefficient (Wildman–Crippen LogP) is 4.05. The third-order valence-corrected chi connectivity index (χ3v) is 5.36. The monoisotopic (exact) mass is 433 g/mol. The maximum Gasteiger partial charge on any atom is 0.416 e. The molecule has 0 unspecified atom stereocenters. The second-order valence-electron chi connectivity index (χ2n) is 7.05. The molecule has 0 fully saturated rings. The van der Waals surface area contributed by atoms with Gasteiger partial charge in [0.25, 0.3) is 0 Å². The minimum Gasteiger partial charge on any atom is -0.493 e. The van der Waals surface area contributed by atoms with Crippen LogP contribution in [0.5, 0.6) is 11.5 Å². The minimum atomic E-state index is -4.56. The van der Waals surface area contributed by atoms with Crippen molar-refractivity contribution in [3.8, 4) is 11.5 Å². The summed E-state index contributed by atoms with van der Waals surface area (Å²) in [5.41, 5.74) is 0.160. The maximum atomic E-state index is 13.2. The molecule has 0 radical (unpaired) electrons. The van der Waals surface area contributed by atoms with Gasteiger partial charge in [-0.05, 0) is 24.3 Å². The van der Waals surface area contributed by atoms with Gasteiger partial charge in [-0.2, -0.15) is 13.2 Å². The summed E-state index contributed by atoms with van der Waals surface area (Å²) in [5.74, 6) is -0.937. The van der Waals surface area contributed by atoms with E-state index in [0.29, 0.717) is 17.1 Å². The summed E-state index contributed by atoms with van der Waals surface area (Å²) >= 11 is 0. The van der Waals surface area contributed by atoms with Gasteiger partial charge >= 0.3 is 12.1 Å². The SMILES string of the molecule is COc1cccc([C@@H]2CC(=O)N(c3cccc(C(F)(F)F)c3)C3=C2C(=O)OC3)c1OC. The van der Waals surface area contributed by atoms with E-state index >= 15 is 0 Å². The number of cyclic esters (lactones) is 1. The van der Waals surface area contributed by atoms with Crippen molar-refractivity contribution < 1.29 is 37.0 Å². The number of para-hydroxylation sites is 1. The molecule has 6 nitrogen and oxygen atoms in total. The van der Waals surface area contributed by atoms with Crippen molar-refractivity contribution in [2.75, 3.05) is 25.7 Å². The van der Waals surface area contributed by atoms with E-state index in [1.165, 1.54) is 26.4 Å². The first kappa shape index (κ1) is 20.8. The normalized spacial score (nSPS) is 18.7. The van der Waals surface area contributed by atoms with Crippen LogP contribution in [0, 0.1) is 0 Å². The van der Waals surface area contributed by atoms with E-state index in [1.807, 2.05) is 0 Å². The molecule has 0 bridgehead atoms. The Balaban J connectivity index is 1.85. The Kier molecular flexibility index (Phi) is 5.12. The highest BCUT2D eigenvalue weighted by Crippen LogP contribution is 2.46. The number of ether oxygens (including phenoxy) is 3. The number of alkyl halides is 3. The number of anilines is 1. The smallest absolute Gasteiger partial charge is 0.416 e. The molecular weight excluding hydrogens is 415 g/mol. The molecule has 2 aromatic rings. The lowest BCUT2D eigenvalue weighted by Gasteiger charge is -2.32. The van der Waals surface area contributed by atoms with Gasteiger partial charge in [-0.15, -0.1) is 0 Å². The van der Waals surface area contributed by atoms with Crippen LogP contribution in [0.15, 0.2) is 53.7 Å². The van der Waals surface area contributed by atoms with E-state index in [9.17, 15) is 22.8 Å². The number of benzene rings is 2. The third-order valence-electron chi connectivity index (χ3n) is 5.36. The van der Waals surface area contributed by atoms with Gasteiger partial charge in [0.05, 0.1) is 31.1 Å². The molecule has 0 aromatic heterocycles. The lowest BCUT2D eigenvalue weighted by atomic mass is 9.83. The van der Waals surface area contributed by atoms with E-state index < -0.39 is 29.5 Å². The van der Waals surface area contributed by atoms with Gasteiger partial charge in [-0.3, -0.25) is 9.69 Å². The maximum absolute atomic E-state index is 13.2. The summed E-state index contributed by atoms with van der Waals surface area (Å²) in [7, 11) is 2.92. The lowest BCUT2D eigenvalue weighted by Crippen LogP contribution is -2.37. The first-order valence-electron chi connectivity index (χ1n) is 9.37. The van der Waals surface area contributed by atoms with E-state index in [1.54, 1.807) is 18.2 Å². The van der Waals surface area contributed by atoms with Gasteiger partial charge in [-0.25, -0.2) is 4.79 Å².